The normalized spacial score (nSPS) is 18.9. The van der Waals surface area contributed by atoms with Gasteiger partial charge in [-0.05, 0) is 48.8 Å². The van der Waals surface area contributed by atoms with Crippen LogP contribution in [-0.4, -0.2) is 19.6 Å². The van der Waals surface area contributed by atoms with E-state index in [1.165, 1.54) is 6.07 Å². The van der Waals surface area contributed by atoms with E-state index in [1.807, 2.05) is 38.5 Å². The number of aliphatic hydroxyl groups is 1. The SMILES string of the molecule is CC(C)c1ccc(Cl)c(C(C)C)c1NC(=O)NS(=O)(=O)c1cc2c(o1)CCCC2(C)O. The van der Waals surface area contributed by atoms with Gasteiger partial charge in [-0.1, -0.05) is 45.4 Å². The number of fused-ring (bicyclic) bond motifs is 1. The standard InChI is InChI=1S/C22H29ClN2O5S/c1-12(2)14-8-9-16(23)19(13(3)4)20(14)24-21(26)25-31(28,29)18-11-15-17(30-18)7-6-10-22(15,5)27/h8-9,11-13,27H,6-7,10H2,1-5H3,(H2,24,25,26). The number of nitrogens with one attached hydrogen (secondary N) is 2. The van der Waals surface area contributed by atoms with Crippen LogP contribution in [0.2, 0.25) is 5.02 Å². The molecule has 2 aromatic rings. The largest absolute Gasteiger partial charge is 0.447 e. The molecule has 1 aromatic carbocycles. The van der Waals surface area contributed by atoms with Crippen LogP contribution < -0.4 is 10.0 Å². The molecule has 1 unspecified atom stereocenters. The first-order valence-corrected chi connectivity index (χ1v) is 12.2. The lowest BCUT2D eigenvalue weighted by Gasteiger charge is -2.26. The van der Waals surface area contributed by atoms with Crippen LogP contribution in [0, 0.1) is 0 Å². The van der Waals surface area contributed by atoms with Crippen molar-refractivity contribution in [3.63, 3.8) is 0 Å². The van der Waals surface area contributed by atoms with E-state index in [2.05, 4.69) is 5.32 Å². The third-order valence-electron chi connectivity index (χ3n) is 5.59. The van der Waals surface area contributed by atoms with E-state index in [1.54, 1.807) is 13.0 Å². The molecule has 3 N–H and O–H groups in total. The Labute approximate surface area is 188 Å². The molecule has 7 nitrogen and oxygen atoms in total. The number of urea groups is 1. The van der Waals surface area contributed by atoms with Gasteiger partial charge in [0, 0.05) is 23.1 Å². The molecule has 31 heavy (non-hydrogen) atoms. The Kier molecular flexibility index (Phi) is 6.47. The Morgan fingerprint density at radius 3 is 2.48 bits per heavy atom. The molecule has 1 atom stereocenters. The number of carbonyl (C=O) groups is 1. The summed E-state index contributed by atoms with van der Waals surface area (Å²) in [6.45, 7) is 9.48. The number of aryl methyl sites for hydroxylation is 1. The average Bonchev–Trinajstić information content (AvgIpc) is 3.07. The summed E-state index contributed by atoms with van der Waals surface area (Å²) in [6.07, 6.45) is 1.73. The number of anilines is 1. The maximum Gasteiger partial charge on any atom is 0.333 e. The number of amides is 2. The third kappa shape index (κ3) is 4.76. The summed E-state index contributed by atoms with van der Waals surface area (Å²) in [7, 11) is -4.27. The van der Waals surface area contributed by atoms with Crippen molar-refractivity contribution in [2.45, 2.75) is 76.4 Å². The second kappa shape index (κ2) is 8.48. The first-order valence-electron chi connectivity index (χ1n) is 10.3. The number of benzene rings is 1. The number of furan rings is 1. The Morgan fingerprint density at radius 1 is 1.23 bits per heavy atom. The first kappa shape index (κ1) is 23.6. The highest BCUT2D eigenvalue weighted by atomic mass is 35.5. The van der Waals surface area contributed by atoms with Gasteiger partial charge < -0.3 is 14.8 Å². The van der Waals surface area contributed by atoms with Crippen molar-refractivity contribution in [2.75, 3.05) is 5.32 Å². The number of hydrogen-bond acceptors (Lipinski definition) is 5. The first-order chi connectivity index (χ1) is 14.3. The number of halogens is 1. The number of rotatable bonds is 5. The van der Waals surface area contributed by atoms with Crippen LogP contribution in [-0.2, 0) is 22.0 Å². The van der Waals surface area contributed by atoms with Crippen molar-refractivity contribution in [1.82, 2.24) is 4.72 Å². The van der Waals surface area contributed by atoms with E-state index in [-0.39, 0.29) is 11.8 Å². The summed E-state index contributed by atoms with van der Waals surface area (Å²) in [5, 5.41) is 13.3. The Hall–Kier alpha value is -2.03. The van der Waals surface area contributed by atoms with Gasteiger partial charge in [-0.15, -0.1) is 0 Å². The van der Waals surface area contributed by atoms with Gasteiger partial charge >= 0.3 is 6.03 Å². The Bertz CT molecular complexity index is 1100. The molecule has 0 radical (unpaired) electrons. The highest BCUT2D eigenvalue weighted by Gasteiger charge is 2.35. The third-order valence-corrected chi connectivity index (χ3v) is 7.10. The van der Waals surface area contributed by atoms with Gasteiger partial charge in [-0.25, -0.2) is 9.52 Å². The summed E-state index contributed by atoms with van der Waals surface area (Å²) in [4.78, 5) is 12.7. The second-order valence-electron chi connectivity index (χ2n) is 8.82. The molecule has 2 amide bonds. The number of carbonyl (C=O) groups excluding carboxylic acids is 1. The van der Waals surface area contributed by atoms with Gasteiger partial charge in [0.05, 0.1) is 11.3 Å². The van der Waals surface area contributed by atoms with Crippen LogP contribution in [0.3, 0.4) is 0 Å². The molecule has 0 saturated carbocycles. The quantitative estimate of drug-likeness (QED) is 0.556. The molecule has 0 fully saturated rings. The van der Waals surface area contributed by atoms with Crippen molar-refractivity contribution in [1.29, 1.82) is 0 Å². The van der Waals surface area contributed by atoms with Crippen LogP contribution in [0.15, 0.2) is 27.7 Å². The molecule has 0 spiro atoms. The lowest BCUT2D eigenvalue weighted by Crippen LogP contribution is -2.35. The van der Waals surface area contributed by atoms with Gasteiger partial charge in [0.2, 0.25) is 5.09 Å². The molecule has 0 bridgehead atoms. The molecule has 9 heteroatoms. The van der Waals surface area contributed by atoms with Crippen molar-refractivity contribution in [3.8, 4) is 0 Å². The fourth-order valence-corrected chi connectivity index (χ4v) is 5.27. The fourth-order valence-electron chi connectivity index (χ4n) is 4.01. The number of hydrogen-bond donors (Lipinski definition) is 3. The maximum atomic E-state index is 12.8. The average molecular weight is 469 g/mol. The van der Waals surface area contributed by atoms with Gasteiger partial charge in [0.1, 0.15) is 5.76 Å². The highest BCUT2D eigenvalue weighted by molar-refractivity contribution is 7.89. The zero-order chi connectivity index (χ0) is 23.1. The predicted molar refractivity (Wildman–Crippen MR) is 120 cm³/mol. The van der Waals surface area contributed by atoms with Crippen LogP contribution in [0.1, 0.15) is 81.7 Å². The van der Waals surface area contributed by atoms with Gasteiger partial charge in [0.15, 0.2) is 0 Å². The summed E-state index contributed by atoms with van der Waals surface area (Å²) >= 11 is 6.37. The molecule has 1 heterocycles. The Morgan fingerprint density at radius 2 is 1.90 bits per heavy atom. The minimum Gasteiger partial charge on any atom is -0.447 e. The van der Waals surface area contributed by atoms with Crippen LogP contribution >= 0.6 is 11.6 Å². The molecular weight excluding hydrogens is 440 g/mol. The molecule has 0 aliphatic heterocycles. The van der Waals surface area contributed by atoms with Crippen LogP contribution in [0.25, 0.3) is 0 Å². The molecule has 0 saturated heterocycles. The van der Waals surface area contributed by atoms with Crippen molar-refractivity contribution >= 4 is 33.3 Å². The minimum atomic E-state index is -4.27. The second-order valence-corrected chi connectivity index (χ2v) is 10.8. The summed E-state index contributed by atoms with van der Waals surface area (Å²) in [5.74, 6) is 0.522. The molecular formula is C22H29ClN2O5S. The van der Waals surface area contributed by atoms with Crippen molar-refractivity contribution < 1.29 is 22.7 Å². The van der Waals surface area contributed by atoms with Crippen molar-refractivity contribution in [3.05, 3.63) is 45.7 Å². The van der Waals surface area contributed by atoms with Crippen LogP contribution in [0.4, 0.5) is 10.5 Å². The monoisotopic (exact) mass is 468 g/mol. The fraction of sp³-hybridized carbons (Fsp3) is 0.500. The van der Waals surface area contributed by atoms with E-state index >= 15 is 0 Å². The van der Waals surface area contributed by atoms with E-state index in [4.69, 9.17) is 16.0 Å². The maximum absolute atomic E-state index is 12.8. The zero-order valence-corrected chi connectivity index (χ0v) is 19.9. The summed E-state index contributed by atoms with van der Waals surface area (Å²) in [6, 6.07) is 3.99. The lowest BCUT2D eigenvalue weighted by molar-refractivity contribution is 0.0362. The zero-order valence-electron chi connectivity index (χ0n) is 18.4. The molecule has 3 rings (SSSR count). The summed E-state index contributed by atoms with van der Waals surface area (Å²) in [5.41, 5.74) is 1.38. The Balaban J connectivity index is 1.90. The number of sulfonamides is 1. The highest BCUT2D eigenvalue weighted by Crippen LogP contribution is 2.39. The smallest absolute Gasteiger partial charge is 0.333 e. The lowest BCUT2D eigenvalue weighted by atomic mass is 9.85. The minimum absolute atomic E-state index is 0.0112. The van der Waals surface area contributed by atoms with E-state index in [9.17, 15) is 18.3 Å². The topological polar surface area (TPSA) is 109 Å². The van der Waals surface area contributed by atoms with Crippen LogP contribution in [0.5, 0.6) is 0 Å². The molecule has 170 valence electrons. The predicted octanol–water partition coefficient (Wildman–Crippen LogP) is 5.23. The summed E-state index contributed by atoms with van der Waals surface area (Å²) < 4.78 is 33.1. The van der Waals surface area contributed by atoms with Gasteiger partial charge in [-0.3, -0.25) is 0 Å². The molecule has 1 aromatic heterocycles. The van der Waals surface area contributed by atoms with E-state index in [0.29, 0.717) is 41.3 Å². The van der Waals surface area contributed by atoms with Gasteiger partial charge in [0.25, 0.3) is 10.0 Å². The molecule has 1 aliphatic rings. The van der Waals surface area contributed by atoms with E-state index < -0.39 is 26.7 Å². The van der Waals surface area contributed by atoms with E-state index in [0.717, 1.165) is 11.1 Å². The van der Waals surface area contributed by atoms with Gasteiger partial charge in [-0.2, -0.15) is 8.42 Å². The van der Waals surface area contributed by atoms with Crippen molar-refractivity contribution in [2.24, 2.45) is 0 Å². The molecule has 1 aliphatic carbocycles.